The number of imidazole rings is 1. The summed E-state index contributed by atoms with van der Waals surface area (Å²) in [6, 6.07) is 16.3. The third kappa shape index (κ3) is 3.65. The topological polar surface area (TPSA) is 47.4 Å². The number of benzene rings is 2. The molecule has 2 aliphatic rings. The number of likely N-dealkylation sites (tertiary alicyclic amines) is 1. The molecule has 3 aromatic rings. The van der Waals surface area contributed by atoms with Crippen molar-refractivity contribution in [3.8, 4) is 5.75 Å². The average molecular weight is 387 g/mol. The highest BCUT2D eigenvalue weighted by molar-refractivity contribution is 5.94. The van der Waals surface area contributed by atoms with Crippen LogP contribution in [-0.2, 0) is 13.0 Å². The van der Waals surface area contributed by atoms with Crippen LogP contribution in [0.3, 0.4) is 0 Å². The fourth-order valence-corrected chi connectivity index (χ4v) is 4.45. The van der Waals surface area contributed by atoms with E-state index >= 15 is 0 Å². The summed E-state index contributed by atoms with van der Waals surface area (Å²) in [5.41, 5.74) is 3.10. The van der Waals surface area contributed by atoms with Crippen molar-refractivity contribution < 1.29 is 9.53 Å². The minimum Gasteiger partial charge on any atom is -0.487 e. The lowest BCUT2D eigenvalue weighted by Crippen LogP contribution is -2.51. The van der Waals surface area contributed by atoms with E-state index in [-0.39, 0.29) is 11.5 Å². The molecule has 0 atom stereocenters. The van der Waals surface area contributed by atoms with E-state index in [0.717, 1.165) is 62.2 Å². The van der Waals surface area contributed by atoms with Gasteiger partial charge in [-0.2, -0.15) is 0 Å². The normalized spacial score (nSPS) is 17.6. The van der Waals surface area contributed by atoms with Crippen molar-refractivity contribution in [2.45, 2.75) is 37.8 Å². The van der Waals surface area contributed by atoms with E-state index in [1.807, 2.05) is 46.0 Å². The quantitative estimate of drug-likeness (QED) is 0.684. The Labute approximate surface area is 170 Å². The maximum absolute atomic E-state index is 13.0. The Balaban J connectivity index is 1.21. The zero-order valence-electron chi connectivity index (χ0n) is 16.5. The van der Waals surface area contributed by atoms with Gasteiger partial charge in [0.25, 0.3) is 5.91 Å². The first kappa shape index (κ1) is 18.0. The molecule has 0 aliphatic carbocycles. The lowest BCUT2D eigenvalue weighted by atomic mass is 9.83. The van der Waals surface area contributed by atoms with Crippen LogP contribution in [0.4, 0.5) is 0 Å². The number of aryl methyl sites for hydroxylation is 1. The number of ether oxygens (including phenoxy) is 1. The SMILES string of the molecule is O=C(c1ccc(Cn2ccnc2)cc1)N1CCC2(CCc3ccccc3O2)CC1. The predicted molar refractivity (Wildman–Crippen MR) is 111 cm³/mol. The second kappa shape index (κ2) is 7.39. The first-order valence-corrected chi connectivity index (χ1v) is 10.3. The number of aromatic nitrogens is 2. The summed E-state index contributed by atoms with van der Waals surface area (Å²) >= 11 is 0. The molecule has 0 saturated carbocycles. The van der Waals surface area contributed by atoms with Gasteiger partial charge in [0, 0.05) is 50.4 Å². The highest BCUT2D eigenvalue weighted by Crippen LogP contribution is 2.39. The molecule has 1 saturated heterocycles. The van der Waals surface area contributed by atoms with Crippen LogP contribution in [0.25, 0.3) is 0 Å². The van der Waals surface area contributed by atoms with E-state index in [1.165, 1.54) is 5.56 Å². The summed E-state index contributed by atoms with van der Waals surface area (Å²) < 4.78 is 8.43. The van der Waals surface area contributed by atoms with Crippen LogP contribution in [0, 0.1) is 0 Å². The maximum atomic E-state index is 13.0. The molecule has 0 N–H and O–H groups in total. The molecular formula is C24H25N3O2. The van der Waals surface area contributed by atoms with Crippen LogP contribution in [0.1, 0.15) is 40.7 Å². The minimum absolute atomic E-state index is 0.111. The molecule has 0 radical (unpaired) electrons. The van der Waals surface area contributed by atoms with E-state index in [1.54, 1.807) is 12.5 Å². The van der Waals surface area contributed by atoms with Crippen LogP contribution < -0.4 is 4.74 Å². The zero-order valence-corrected chi connectivity index (χ0v) is 16.5. The first-order valence-electron chi connectivity index (χ1n) is 10.3. The molecule has 1 fully saturated rings. The first-order chi connectivity index (χ1) is 14.2. The van der Waals surface area contributed by atoms with E-state index in [0.29, 0.717) is 0 Å². The zero-order chi connectivity index (χ0) is 19.7. The van der Waals surface area contributed by atoms with Crippen molar-refractivity contribution >= 4 is 5.91 Å². The van der Waals surface area contributed by atoms with Crippen molar-refractivity contribution in [3.05, 3.63) is 83.9 Å². The maximum Gasteiger partial charge on any atom is 0.253 e. The number of nitrogens with zero attached hydrogens (tertiary/aromatic N) is 3. The van der Waals surface area contributed by atoms with Crippen LogP contribution in [-0.4, -0.2) is 39.0 Å². The monoisotopic (exact) mass is 387 g/mol. The van der Waals surface area contributed by atoms with Crippen LogP contribution in [0.2, 0.25) is 0 Å². The van der Waals surface area contributed by atoms with Crippen molar-refractivity contribution in [1.82, 2.24) is 14.5 Å². The number of carbonyl (C=O) groups is 1. The van der Waals surface area contributed by atoms with Gasteiger partial charge >= 0.3 is 0 Å². The third-order valence-corrected chi connectivity index (χ3v) is 6.24. The number of hydrogen-bond acceptors (Lipinski definition) is 3. The van der Waals surface area contributed by atoms with Gasteiger partial charge < -0.3 is 14.2 Å². The number of piperidine rings is 1. The average Bonchev–Trinajstić information content (AvgIpc) is 3.27. The Morgan fingerprint density at radius 2 is 1.83 bits per heavy atom. The Kier molecular flexibility index (Phi) is 4.58. The molecular weight excluding hydrogens is 362 g/mol. The molecule has 2 aromatic carbocycles. The molecule has 29 heavy (non-hydrogen) atoms. The minimum atomic E-state index is -0.111. The summed E-state index contributed by atoms with van der Waals surface area (Å²) in [7, 11) is 0. The van der Waals surface area contributed by atoms with Crippen molar-refractivity contribution in [2.75, 3.05) is 13.1 Å². The lowest BCUT2D eigenvalue weighted by Gasteiger charge is -2.44. The van der Waals surface area contributed by atoms with Gasteiger partial charge in [-0.25, -0.2) is 4.98 Å². The Hall–Kier alpha value is -3.08. The van der Waals surface area contributed by atoms with Gasteiger partial charge in [-0.05, 0) is 42.2 Å². The van der Waals surface area contributed by atoms with Gasteiger partial charge in [0.2, 0.25) is 0 Å². The molecule has 0 bridgehead atoms. The fourth-order valence-electron chi connectivity index (χ4n) is 4.45. The van der Waals surface area contributed by atoms with E-state index in [2.05, 4.69) is 23.2 Å². The summed E-state index contributed by atoms with van der Waals surface area (Å²) in [6.07, 6.45) is 9.40. The van der Waals surface area contributed by atoms with E-state index in [9.17, 15) is 4.79 Å². The van der Waals surface area contributed by atoms with Crippen LogP contribution in [0.5, 0.6) is 5.75 Å². The highest BCUT2D eigenvalue weighted by Gasteiger charge is 2.40. The van der Waals surface area contributed by atoms with Crippen LogP contribution in [0.15, 0.2) is 67.3 Å². The number of rotatable bonds is 3. The molecule has 1 aromatic heterocycles. The highest BCUT2D eigenvalue weighted by atomic mass is 16.5. The van der Waals surface area contributed by atoms with Crippen molar-refractivity contribution in [2.24, 2.45) is 0 Å². The standard InChI is InChI=1S/C24H25N3O2/c28-23(21-7-5-19(6-8-21)17-26-16-13-25-18-26)27-14-11-24(12-15-27)10-9-20-3-1-2-4-22(20)29-24/h1-8,13,16,18H,9-12,14-15,17H2. The number of hydrogen-bond donors (Lipinski definition) is 0. The van der Waals surface area contributed by atoms with Gasteiger partial charge in [-0.3, -0.25) is 4.79 Å². The van der Waals surface area contributed by atoms with Crippen molar-refractivity contribution in [1.29, 1.82) is 0 Å². The second-order valence-electron chi connectivity index (χ2n) is 8.12. The molecule has 2 aliphatic heterocycles. The summed E-state index contributed by atoms with van der Waals surface area (Å²) in [5.74, 6) is 1.14. The largest absolute Gasteiger partial charge is 0.487 e. The van der Waals surface area contributed by atoms with E-state index in [4.69, 9.17) is 4.74 Å². The van der Waals surface area contributed by atoms with Gasteiger partial charge in [0.15, 0.2) is 0 Å². The molecule has 148 valence electrons. The van der Waals surface area contributed by atoms with Gasteiger partial charge in [-0.15, -0.1) is 0 Å². The molecule has 5 nitrogen and oxygen atoms in total. The summed E-state index contributed by atoms with van der Waals surface area (Å²) in [5, 5.41) is 0. The summed E-state index contributed by atoms with van der Waals surface area (Å²) in [4.78, 5) is 19.0. The molecule has 1 amide bonds. The smallest absolute Gasteiger partial charge is 0.253 e. The van der Waals surface area contributed by atoms with Gasteiger partial charge in [0.1, 0.15) is 11.4 Å². The predicted octanol–water partition coefficient (Wildman–Crippen LogP) is 3.93. The van der Waals surface area contributed by atoms with E-state index < -0.39 is 0 Å². The Bertz CT molecular complexity index is 987. The lowest BCUT2D eigenvalue weighted by molar-refractivity contribution is -0.0106. The number of para-hydroxylation sites is 1. The van der Waals surface area contributed by atoms with Gasteiger partial charge in [-0.1, -0.05) is 30.3 Å². The Morgan fingerprint density at radius 1 is 1.03 bits per heavy atom. The third-order valence-electron chi connectivity index (χ3n) is 6.24. The second-order valence-corrected chi connectivity index (χ2v) is 8.12. The molecule has 3 heterocycles. The van der Waals surface area contributed by atoms with Gasteiger partial charge in [0.05, 0.1) is 6.33 Å². The fraction of sp³-hybridized carbons (Fsp3) is 0.333. The van der Waals surface area contributed by atoms with Crippen molar-refractivity contribution in [3.63, 3.8) is 0 Å². The summed E-state index contributed by atoms with van der Waals surface area (Å²) in [6.45, 7) is 2.26. The molecule has 5 heteroatoms. The molecule has 5 rings (SSSR count). The van der Waals surface area contributed by atoms with Crippen LogP contribution >= 0.6 is 0 Å². The molecule has 1 spiro atoms. The number of carbonyl (C=O) groups excluding carboxylic acids is 1. The molecule has 0 unspecified atom stereocenters. The number of amides is 1. The number of fused-ring (bicyclic) bond motifs is 1. The Morgan fingerprint density at radius 3 is 2.59 bits per heavy atom.